The third kappa shape index (κ3) is 4.10. The van der Waals surface area contributed by atoms with Gasteiger partial charge in [-0.3, -0.25) is 14.5 Å². The summed E-state index contributed by atoms with van der Waals surface area (Å²) in [5.74, 6) is 1.52. The zero-order valence-corrected chi connectivity index (χ0v) is 16.2. The predicted molar refractivity (Wildman–Crippen MR) is 102 cm³/mol. The monoisotopic (exact) mass is 371 g/mol. The van der Waals surface area contributed by atoms with Gasteiger partial charge in [-0.1, -0.05) is 12.1 Å². The largest absolute Gasteiger partial charge is 0.493 e. The van der Waals surface area contributed by atoms with Gasteiger partial charge in [0.1, 0.15) is 5.75 Å². The van der Waals surface area contributed by atoms with Gasteiger partial charge in [0.25, 0.3) is 0 Å². The van der Waals surface area contributed by atoms with E-state index in [2.05, 4.69) is 23.1 Å². The molecule has 0 radical (unpaired) electrons. The minimum atomic E-state index is 0.0843. The minimum absolute atomic E-state index is 0.0843. The van der Waals surface area contributed by atoms with Gasteiger partial charge in [-0.05, 0) is 30.0 Å². The molecule has 0 atom stereocenters. The Labute approximate surface area is 161 Å². The molecule has 4 rings (SSSR count). The Morgan fingerprint density at radius 3 is 2.48 bits per heavy atom. The van der Waals surface area contributed by atoms with Crippen LogP contribution in [0, 0.1) is 5.92 Å². The van der Waals surface area contributed by atoms with E-state index in [4.69, 9.17) is 4.74 Å². The van der Waals surface area contributed by atoms with Crippen LogP contribution >= 0.6 is 0 Å². The van der Waals surface area contributed by atoms with Gasteiger partial charge in [0.2, 0.25) is 11.8 Å². The van der Waals surface area contributed by atoms with Crippen LogP contribution in [0.3, 0.4) is 0 Å². The molecule has 2 saturated heterocycles. The summed E-state index contributed by atoms with van der Waals surface area (Å²) in [7, 11) is 0. The van der Waals surface area contributed by atoms with Crippen molar-refractivity contribution in [2.24, 2.45) is 5.92 Å². The Hall–Kier alpha value is -2.08. The van der Waals surface area contributed by atoms with Crippen LogP contribution in [0.1, 0.15) is 30.9 Å². The molecule has 1 aromatic rings. The van der Waals surface area contributed by atoms with Gasteiger partial charge in [0, 0.05) is 65.1 Å². The molecule has 2 amide bonds. The number of ether oxygens (including phenoxy) is 1. The summed E-state index contributed by atoms with van der Waals surface area (Å²) in [6.45, 7) is 8.17. The number of benzene rings is 1. The number of piperidine rings is 1. The van der Waals surface area contributed by atoms with Crippen molar-refractivity contribution in [2.75, 3.05) is 45.9 Å². The molecular formula is C21H29N3O3. The zero-order valence-electron chi connectivity index (χ0n) is 16.2. The molecule has 3 aliphatic rings. The highest BCUT2D eigenvalue weighted by Gasteiger charge is 2.31. The molecule has 27 heavy (non-hydrogen) atoms. The molecule has 6 nitrogen and oxygen atoms in total. The maximum atomic E-state index is 12.8. The number of piperazine rings is 1. The maximum absolute atomic E-state index is 12.8. The molecule has 0 unspecified atom stereocenters. The second-order valence-electron chi connectivity index (χ2n) is 7.92. The van der Waals surface area contributed by atoms with Gasteiger partial charge in [-0.25, -0.2) is 0 Å². The van der Waals surface area contributed by atoms with Gasteiger partial charge in [-0.15, -0.1) is 0 Å². The quantitative estimate of drug-likeness (QED) is 0.809. The molecule has 0 N–H and O–H groups in total. The Balaban J connectivity index is 1.25. The Kier molecular flexibility index (Phi) is 5.34. The number of amides is 2. The van der Waals surface area contributed by atoms with E-state index in [-0.39, 0.29) is 17.7 Å². The summed E-state index contributed by atoms with van der Waals surface area (Å²) in [6.07, 6.45) is 2.61. The molecular weight excluding hydrogens is 342 g/mol. The molecule has 0 bridgehead atoms. The van der Waals surface area contributed by atoms with Crippen molar-refractivity contribution in [3.05, 3.63) is 29.3 Å². The number of rotatable bonds is 3. The normalized spacial score (nSPS) is 21.1. The molecule has 6 heteroatoms. The van der Waals surface area contributed by atoms with Crippen molar-refractivity contribution in [1.82, 2.24) is 14.7 Å². The standard InChI is InChI=1S/C21H29N3O3/c1-16(25)23-7-4-19(5-8-23)21(26)24-11-9-22(10-12-24)15-17-2-3-18-6-13-27-20(18)14-17/h2-3,14,19H,4-13,15H2,1H3. The fourth-order valence-electron chi connectivity index (χ4n) is 4.39. The summed E-state index contributed by atoms with van der Waals surface area (Å²) in [4.78, 5) is 30.5. The van der Waals surface area contributed by atoms with Crippen LogP contribution in [0.4, 0.5) is 0 Å². The van der Waals surface area contributed by atoms with Gasteiger partial charge >= 0.3 is 0 Å². The summed E-state index contributed by atoms with van der Waals surface area (Å²) in [6, 6.07) is 6.56. The molecule has 146 valence electrons. The summed E-state index contributed by atoms with van der Waals surface area (Å²) in [5.41, 5.74) is 2.59. The fraction of sp³-hybridized carbons (Fsp3) is 0.619. The third-order valence-corrected chi connectivity index (χ3v) is 6.14. The van der Waals surface area contributed by atoms with E-state index < -0.39 is 0 Å². The minimum Gasteiger partial charge on any atom is -0.493 e. The lowest BCUT2D eigenvalue weighted by molar-refractivity contribution is -0.141. The van der Waals surface area contributed by atoms with Crippen LogP contribution < -0.4 is 4.74 Å². The van der Waals surface area contributed by atoms with Crippen LogP contribution in [0.15, 0.2) is 18.2 Å². The van der Waals surface area contributed by atoms with Crippen molar-refractivity contribution in [3.63, 3.8) is 0 Å². The van der Waals surface area contributed by atoms with Crippen molar-refractivity contribution in [3.8, 4) is 5.75 Å². The first-order valence-corrected chi connectivity index (χ1v) is 10.1. The first-order chi connectivity index (χ1) is 13.1. The first-order valence-electron chi connectivity index (χ1n) is 10.1. The predicted octanol–water partition coefficient (Wildman–Crippen LogP) is 1.52. The van der Waals surface area contributed by atoms with E-state index in [0.717, 1.165) is 64.3 Å². The number of nitrogens with zero attached hydrogens (tertiary/aromatic N) is 3. The topological polar surface area (TPSA) is 53.1 Å². The summed E-state index contributed by atoms with van der Waals surface area (Å²) < 4.78 is 5.67. The summed E-state index contributed by atoms with van der Waals surface area (Å²) in [5, 5.41) is 0. The van der Waals surface area contributed by atoms with E-state index in [1.165, 1.54) is 11.1 Å². The Bertz CT molecular complexity index is 705. The lowest BCUT2D eigenvalue weighted by Gasteiger charge is -2.38. The SMILES string of the molecule is CC(=O)N1CCC(C(=O)N2CCN(Cc3ccc4c(c3)OCC4)CC2)CC1. The van der Waals surface area contributed by atoms with E-state index in [9.17, 15) is 9.59 Å². The molecule has 2 fully saturated rings. The highest BCUT2D eigenvalue weighted by atomic mass is 16.5. The average molecular weight is 371 g/mol. The summed E-state index contributed by atoms with van der Waals surface area (Å²) >= 11 is 0. The molecule has 0 aliphatic carbocycles. The molecule has 1 aromatic carbocycles. The number of likely N-dealkylation sites (tertiary alicyclic amines) is 1. The number of hydrogen-bond donors (Lipinski definition) is 0. The first kappa shape index (κ1) is 18.3. The molecule has 3 aliphatic heterocycles. The van der Waals surface area contributed by atoms with Crippen LogP contribution in [0.5, 0.6) is 5.75 Å². The third-order valence-electron chi connectivity index (χ3n) is 6.14. The van der Waals surface area contributed by atoms with Crippen molar-refractivity contribution in [1.29, 1.82) is 0 Å². The molecule has 0 saturated carbocycles. The van der Waals surface area contributed by atoms with Gasteiger partial charge in [0.15, 0.2) is 0 Å². The highest BCUT2D eigenvalue weighted by Crippen LogP contribution is 2.27. The fourth-order valence-corrected chi connectivity index (χ4v) is 4.39. The van der Waals surface area contributed by atoms with Gasteiger partial charge in [0.05, 0.1) is 6.61 Å². The van der Waals surface area contributed by atoms with Crippen molar-refractivity contribution >= 4 is 11.8 Å². The van der Waals surface area contributed by atoms with Crippen LogP contribution in [0.2, 0.25) is 0 Å². The second-order valence-corrected chi connectivity index (χ2v) is 7.92. The highest BCUT2D eigenvalue weighted by molar-refractivity contribution is 5.80. The average Bonchev–Trinajstić information content (AvgIpc) is 3.16. The number of hydrogen-bond acceptors (Lipinski definition) is 4. The van der Waals surface area contributed by atoms with E-state index in [0.29, 0.717) is 13.1 Å². The second kappa shape index (κ2) is 7.89. The van der Waals surface area contributed by atoms with Gasteiger partial charge in [-0.2, -0.15) is 0 Å². The van der Waals surface area contributed by atoms with Crippen LogP contribution in [-0.4, -0.2) is 72.4 Å². The van der Waals surface area contributed by atoms with Crippen LogP contribution in [-0.2, 0) is 22.6 Å². The number of carbonyl (C=O) groups excluding carboxylic acids is 2. The zero-order chi connectivity index (χ0) is 18.8. The number of carbonyl (C=O) groups is 2. The maximum Gasteiger partial charge on any atom is 0.225 e. The lowest BCUT2D eigenvalue weighted by atomic mass is 9.95. The van der Waals surface area contributed by atoms with Gasteiger partial charge < -0.3 is 14.5 Å². The lowest BCUT2D eigenvalue weighted by Crippen LogP contribution is -2.51. The smallest absolute Gasteiger partial charge is 0.225 e. The molecule has 3 heterocycles. The number of fused-ring (bicyclic) bond motifs is 1. The molecule has 0 aromatic heterocycles. The Morgan fingerprint density at radius 1 is 1.04 bits per heavy atom. The Morgan fingerprint density at radius 2 is 1.78 bits per heavy atom. The van der Waals surface area contributed by atoms with E-state index >= 15 is 0 Å². The van der Waals surface area contributed by atoms with E-state index in [1.54, 1.807) is 6.92 Å². The molecule has 0 spiro atoms. The van der Waals surface area contributed by atoms with Crippen LogP contribution in [0.25, 0.3) is 0 Å². The van der Waals surface area contributed by atoms with Crippen molar-refractivity contribution < 1.29 is 14.3 Å². The van der Waals surface area contributed by atoms with E-state index in [1.807, 2.05) is 9.80 Å². The van der Waals surface area contributed by atoms with Crippen molar-refractivity contribution in [2.45, 2.75) is 32.7 Å².